The van der Waals surface area contributed by atoms with Crippen LogP contribution in [0.1, 0.15) is 42.3 Å². The molecule has 0 spiro atoms. The average Bonchev–Trinajstić information content (AvgIpc) is 3.49. The molecule has 2 fully saturated rings. The Labute approximate surface area is 156 Å². The lowest BCUT2D eigenvalue weighted by Gasteiger charge is -2.43. The van der Waals surface area contributed by atoms with Crippen molar-refractivity contribution in [2.45, 2.75) is 31.2 Å². The Hall–Kier alpha value is -2.89. The van der Waals surface area contributed by atoms with Crippen LogP contribution in [-0.4, -0.2) is 24.8 Å². The second-order valence-corrected chi connectivity index (χ2v) is 8.44. The van der Waals surface area contributed by atoms with Gasteiger partial charge in [-0.05, 0) is 60.6 Å². The number of rotatable bonds is 1. The van der Waals surface area contributed by atoms with Crippen molar-refractivity contribution in [1.82, 2.24) is 24.8 Å². The highest BCUT2D eigenvalue weighted by atomic mass is 15.2. The smallest absolute Gasteiger partial charge is 0.154 e. The Bertz CT molecular complexity index is 1190. The van der Waals surface area contributed by atoms with Gasteiger partial charge in [-0.1, -0.05) is 0 Å². The van der Waals surface area contributed by atoms with Crippen LogP contribution >= 0.6 is 0 Å². The normalized spacial score (nSPS) is 31.2. The van der Waals surface area contributed by atoms with E-state index in [2.05, 4.69) is 43.9 Å². The molecular formula is C21H20N6. The van der Waals surface area contributed by atoms with Gasteiger partial charge in [0.2, 0.25) is 0 Å². The zero-order valence-corrected chi connectivity index (χ0v) is 14.8. The fraction of sp³-hybridized carbons (Fsp3) is 0.381. The van der Waals surface area contributed by atoms with Gasteiger partial charge < -0.3 is 5.32 Å². The molecule has 5 unspecified atom stereocenters. The molecule has 4 heterocycles. The molecule has 2 N–H and O–H groups in total. The fourth-order valence-electron chi connectivity index (χ4n) is 6.32. The van der Waals surface area contributed by atoms with Gasteiger partial charge in [0.15, 0.2) is 5.65 Å². The molecule has 0 amide bonds. The number of fused-ring (bicyclic) bond motifs is 10. The maximum atomic E-state index is 4.64. The lowest BCUT2D eigenvalue weighted by Crippen LogP contribution is -2.35. The van der Waals surface area contributed by atoms with E-state index in [9.17, 15) is 0 Å². The Morgan fingerprint density at radius 3 is 3.04 bits per heavy atom. The summed E-state index contributed by atoms with van der Waals surface area (Å²) in [5.41, 5.74) is 6.05. The van der Waals surface area contributed by atoms with E-state index in [0.29, 0.717) is 17.9 Å². The van der Waals surface area contributed by atoms with Gasteiger partial charge >= 0.3 is 0 Å². The molecule has 1 aliphatic heterocycles. The Morgan fingerprint density at radius 2 is 2.04 bits per heavy atom. The quantitative estimate of drug-likeness (QED) is 0.543. The summed E-state index contributed by atoms with van der Waals surface area (Å²) in [4.78, 5) is 4.64. The van der Waals surface area contributed by atoms with Gasteiger partial charge in [-0.3, -0.25) is 5.10 Å². The van der Waals surface area contributed by atoms with Crippen LogP contribution in [-0.2, 0) is 0 Å². The first-order valence-corrected chi connectivity index (χ1v) is 9.88. The first kappa shape index (κ1) is 14.2. The van der Waals surface area contributed by atoms with Crippen molar-refractivity contribution in [3.05, 3.63) is 54.1 Å². The summed E-state index contributed by atoms with van der Waals surface area (Å²) < 4.78 is 1.90. The molecule has 6 heteroatoms. The summed E-state index contributed by atoms with van der Waals surface area (Å²) in [5, 5.41) is 17.0. The number of hydrogen-bond acceptors (Lipinski definition) is 4. The minimum absolute atomic E-state index is 0.295. The second kappa shape index (κ2) is 4.88. The number of aromatic nitrogens is 5. The van der Waals surface area contributed by atoms with Gasteiger partial charge in [-0.25, -0.2) is 9.50 Å². The van der Waals surface area contributed by atoms with Gasteiger partial charge in [-0.15, -0.1) is 0 Å². The number of aromatic amines is 1. The Morgan fingerprint density at radius 1 is 1.07 bits per heavy atom. The van der Waals surface area contributed by atoms with E-state index in [0.717, 1.165) is 23.0 Å². The van der Waals surface area contributed by atoms with Gasteiger partial charge in [0.05, 0.1) is 24.0 Å². The van der Waals surface area contributed by atoms with Crippen LogP contribution in [0.15, 0.2) is 43.0 Å². The Balaban J connectivity index is 1.44. The largest absolute Gasteiger partial charge is 0.378 e. The second-order valence-electron chi connectivity index (χ2n) is 8.44. The number of anilines is 1. The molecule has 0 radical (unpaired) electrons. The summed E-state index contributed by atoms with van der Waals surface area (Å²) in [6.07, 6.45) is 12.1. The predicted molar refractivity (Wildman–Crippen MR) is 103 cm³/mol. The van der Waals surface area contributed by atoms with E-state index in [4.69, 9.17) is 0 Å². The summed E-state index contributed by atoms with van der Waals surface area (Å²) in [7, 11) is 0. The zero-order chi connectivity index (χ0) is 17.5. The molecule has 6 nitrogen and oxygen atoms in total. The molecule has 3 aliphatic rings. The predicted octanol–water partition coefficient (Wildman–Crippen LogP) is 3.90. The number of hydrogen-bond donors (Lipinski definition) is 2. The van der Waals surface area contributed by atoms with Crippen LogP contribution in [0.2, 0.25) is 0 Å². The van der Waals surface area contributed by atoms with Crippen LogP contribution in [0, 0.1) is 17.8 Å². The molecule has 134 valence electrons. The summed E-state index contributed by atoms with van der Waals surface area (Å²) in [5.74, 6) is 2.82. The highest BCUT2D eigenvalue weighted by Crippen LogP contribution is 2.64. The van der Waals surface area contributed by atoms with Crippen molar-refractivity contribution in [2.75, 3.05) is 5.32 Å². The van der Waals surface area contributed by atoms with E-state index >= 15 is 0 Å². The maximum absolute atomic E-state index is 4.64. The summed E-state index contributed by atoms with van der Waals surface area (Å²) >= 11 is 0. The van der Waals surface area contributed by atoms with Crippen molar-refractivity contribution < 1.29 is 0 Å². The first-order chi connectivity index (χ1) is 13.4. The highest BCUT2D eigenvalue weighted by molar-refractivity contribution is 5.88. The van der Waals surface area contributed by atoms with Crippen LogP contribution in [0.5, 0.6) is 0 Å². The average molecular weight is 356 g/mol. The first-order valence-electron chi connectivity index (χ1n) is 9.88. The molecule has 2 bridgehead atoms. The van der Waals surface area contributed by atoms with E-state index < -0.39 is 0 Å². The molecule has 27 heavy (non-hydrogen) atoms. The summed E-state index contributed by atoms with van der Waals surface area (Å²) in [6, 6.07) is 6.62. The SMILES string of the molecule is c1cc2ncc(C3Nc4ccc5[nH]ncc5c4C4C5CCC(C5)C34)cn2n1. The van der Waals surface area contributed by atoms with Crippen molar-refractivity contribution in [3.8, 4) is 0 Å². The van der Waals surface area contributed by atoms with Crippen molar-refractivity contribution >= 4 is 22.2 Å². The van der Waals surface area contributed by atoms with Crippen molar-refractivity contribution in [2.24, 2.45) is 17.8 Å². The van der Waals surface area contributed by atoms with E-state index in [1.54, 1.807) is 0 Å². The van der Waals surface area contributed by atoms with Crippen LogP contribution in [0.3, 0.4) is 0 Å². The molecule has 5 atom stereocenters. The number of nitrogens with zero attached hydrogens (tertiary/aromatic N) is 4. The molecule has 3 aromatic heterocycles. The topological polar surface area (TPSA) is 70.9 Å². The third-order valence-electron chi connectivity index (χ3n) is 7.30. The van der Waals surface area contributed by atoms with Crippen molar-refractivity contribution in [3.63, 3.8) is 0 Å². The van der Waals surface area contributed by atoms with Gasteiger partial charge in [0, 0.05) is 35.1 Å². The van der Waals surface area contributed by atoms with Crippen molar-refractivity contribution in [1.29, 1.82) is 0 Å². The molecule has 1 aromatic carbocycles. The van der Waals surface area contributed by atoms with Crippen LogP contribution < -0.4 is 5.32 Å². The molecule has 2 saturated carbocycles. The molecule has 2 aliphatic carbocycles. The van der Waals surface area contributed by atoms with Crippen LogP contribution in [0.25, 0.3) is 16.6 Å². The molecule has 0 saturated heterocycles. The fourth-order valence-corrected chi connectivity index (χ4v) is 6.32. The molecular weight excluding hydrogens is 336 g/mol. The van der Waals surface area contributed by atoms with Crippen LogP contribution in [0.4, 0.5) is 5.69 Å². The van der Waals surface area contributed by atoms with E-state index in [1.165, 1.54) is 41.5 Å². The third-order valence-corrected chi connectivity index (χ3v) is 7.30. The lowest BCUT2D eigenvalue weighted by atomic mass is 9.67. The number of H-pyrrole nitrogens is 1. The van der Waals surface area contributed by atoms with Gasteiger partial charge in [-0.2, -0.15) is 10.2 Å². The van der Waals surface area contributed by atoms with E-state index in [-0.39, 0.29) is 0 Å². The number of benzene rings is 1. The molecule has 4 aromatic rings. The Kier molecular flexibility index (Phi) is 2.57. The third kappa shape index (κ3) is 1.78. The maximum Gasteiger partial charge on any atom is 0.154 e. The number of nitrogens with one attached hydrogen (secondary N) is 2. The van der Waals surface area contributed by atoms with Gasteiger partial charge in [0.1, 0.15) is 0 Å². The minimum Gasteiger partial charge on any atom is -0.378 e. The standard InChI is InChI=1S/C21H20N6/c1-2-12-7-11(1)18-19(12)21(13-8-22-17-5-6-24-27(17)10-13)25-16-4-3-15-14(20(16)18)9-23-26-15/h3-6,8-12,18-19,21,25H,1-2,7H2,(H,23,26). The van der Waals surface area contributed by atoms with Gasteiger partial charge in [0.25, 0.3) is 0 Å². The minimum atomic E-state index is 0.295. The van der Waals surface area contributed by atoms with E-state index in [1.807, 2.05) is 29.2 Å². The zero-order valence-electron chi connectivity index (χ0n) is 14.8. The lowest BCUT2D eigenvalue weighted by molar-refractivity contribution is 0.248. The monoisotopic (exact) mass is 356 g/mol. The molecule has 7 rings (SSSR count). The highest BCUT2D eigenvalue weighted by Gasteiger charge is 2.54. The summed E-state index contributed by atoms with van der Waals surface area (Å²) in [6.45, 7) is 0.